The number of benzene rings is 1. The number of halogens is 2. The third kappa shape index (κ3) is 4.39. The second kappa shape index (κ2) is 7.36. The van der Waals surface area contributed by atoms with Gasteiger partial charge in [0.15, 0.2) is 11.6 Å². The molecule has 0 unspecified atom stereocenters. The molecular formula is C15H20F2N2O2. The van der Waals surface area contributed by atoms with Gasteiger partial charge >= 0.3 is 0 Å². The van der Waals surface area contributed by atoms with Crippen LogP contribution in [0.25, 0.3) is 0 Å². The van der Waals surface area contributed by atoms with Gasteiger partial charge in [0.05, 0.1) is 13.0 Å². The number of rotatable bonds is 5. The van der Waals surface area contributed by atoms with Gasteiger partial charge in [0.2, 0.25) is 5.91 Å². The Morgan fingerprint density at radius 2 is 2.24 bits per heavy atom. The highest BCUT2D eigenvalue weighted by molar-refractivity contribution is 5.76. The van der Waals surface area contributed by atoms with Crippen LogP contribution in [0.2, 0.25) is 0 Å². The Bertz CT molecular complexity index is 497. The van der Waals surface area contributed by atoms with Gasteiger partial charge in [-0.2, -0.15) is 0 Å². The second-order valence-electron chi connectivity index (χ2n) is 5.19. The van der Waals surface area contributed by atoms with Crippen molar-refractivity contribution in [2.45, 2.75) is 25.3 Å². The minimum atomic E-state index is -0.871. The molecule has 0 bridgehead atoms. The summed E-state index contributed by atoms with van der Waals surface area (Å²) < 4.78 is 31.0. The number of anilines is 1. The van der Waals surface area contributed by atoms with E-state index in [1.54, 1.807) is 12.0 Å². The van der Waals surface area contributed by atoms with E-state index in [9.17, 15) is 13.6 Å². The fourth-order valence-electron chi connectivity index (χ4n) is 2.49. The predicted octanol–water partition coefficient (Wildman–Crippen LogP) is 2.40. The van der Waals surface area contributed by atoms with E-state index in [-0.39, 0.29) is 11.9 Å². The number of nitrogens with one attached hydrogen (secondary N) is 1. The Morgan fingerprint density at radius 1 is 1.43 bits per heavy atom. The highest BCUT2D eigenvalue weighted by atomic mass is 19.2. The molecule has 0 saturated carbocycles. The average molecular weight is 298 g/mol. The molecule has 0 spiro atoms. The van der Waals surface area contributed by atoms with Crippen LogP contribution in [0.15, 0.2) is 18.2 Å². The highest BCUT2D eigenvalue weighted by Crippen LogP contribution is 2.18. The number of likely N-dealkylation sites (tertiary alicyclic amines) is 1. The predicted molar refractivity (Wildman–Crippen MR) is 76.1 cm³/mol. The second-order valence-corrected chi connectivity index (χ2v) is 5.19. The van der Waals surface area contributed by atoms with Gasteiger partial charge in [-0.1, -0.05) is 0 Å². The lowest BCUT2D eigenvalue weighted by molar-refractivity contribution is -0.133. The molecule has 1 amide bonds. The first-order valence-corrected chi connectivity index (χ1v) is 7.08. The van der Waals surface area contributed by atoms with Crippen LogP contribution in [0, 0.1) is 11.6 Å². The lowest BCUT2D eigenvalue weighted by Gasteiger charge is -2.33. The topological polar surface area (TPSA) is 41.6 Å². The molecule has 1 aromatic carbocycles. The van der Waals surface area contributed by atoms with E-state index in [0.29, 0.717) is 25.3 Å². The molecule has 1 saturated heterocycles. The van der Waals surface area contributed by atoms with E-state index in [2.05, 4.69) is 5.32 Å². The quantitative estimate of drug-likeness (QED) is 0.907. The third-order valence-electron chi connectivity index (χ3n) is 3.58. The molecule has 6 heteroatoms. The lowest BCUT2D eigenvalue weighted by Crippen LogP contribution is -2.45. The van der Waals surface area contributed by atoms with Crippen LogP contribution < -0.4 is 5.32 Å². The molecule has 0 aromatic heterocycles. The number of ether oxygens (including phenoxy) is 1. The Hall–Kier alpha value is -1.69. The van der Waals surface area contributed by atoms with Gasteiger partial charge in [-0.25, -0.2) is 8.78 Å². The van der Waals surface area contributed by atoms with E-state index in [1.165, 1.54) is 6.07 Å². The van der Waals surface area contributed by atoms with Crippen molar-refractivity contribution in [3.8, 4) is 0 Å². The van der Waals surface area contributed by atoms with Crippen LogP contribution in [0.1, 0.15) is 19.3 Å². The van der Waals surface area contributed by atoms with Gasteiger partial charge in [-0.05, 0) is 25.0 Å². The van der Waals surface area contributed by atoms with Crippen molar-refractivity contribution >= 4 is 11.6 Å². The highest BCUT2D eigenvalue weighted by Gasteiger charge is 2.23. The molecule has 1 aliphatic heterocycles. The molecule has 0 radical (unpaired) electrons. The molecule has 1 fully saturated rings. The summed E-state index contributed by atoms with van der Waals surface area (Å²) in [5, 5.41) is 3.16. The van der Waals surface area contributed by atoms with Crippen molar-refractivity contribution in [3.05, 3.63) is 29.8 Å². The van der Waals surface area contributed by atoms with Crippen LogP contribution >= 0.6 is 0 Å². The molecule has 0 aliphatic carbocycles. The van der Waals surface area contributed by atoms with Gasteiger partial charge in [-0.15, -0.1) is 0 Å². The van der Waals surface area contributed by atoms with Crippen LogP contribution in [-0.4, -0.2) is 43.7 Å². The molecule has 1 atom stereocenters. The molecule has 21 heavy (non-hydrogen) atoms. The smallest absolute Gasteiger partial charge is 0.224 e. The van der Waals surface area contributed by atoms with Gasteiger partial charge in [0, 0.05) is 38.0 Å². The maximum Gasteiger partial charge on any atom is 0.224 e. The number of piperidine rings is 1. The van der Waals surface area contributed by atoms with Crippen molar-refractivity contribution in [3.63, 3.8) is 0 Å². The first-order valence-electron chi connectivity index (χ1n) is 7.08. The molecule has 1 aromatic rings. The normalized spacial score (nSPS) is 18.6. The van der Waals surface area contributed by atoms with Crippen molar-refractivity contribution in [1.29, 1.82) is 0 Å². The summed E-state index contributed by atoms with van der Waals surface area (Å²) in [6.45, 7) is 1.72. The Morgan fingerprint density at radius 3 is 2.95 bits per heavy atom. The van der Waals surface area contributed by atoms with Gasteiger partial charge < -0.3 is 15.0 Å². The first kappa shape index (κ1) is 15.7. The van der Waals surface area contributed by atoms with E-state index in [0.717, 1.165) is 31.5 Å². The van der Waals surface area contributed by atoms with Gasteiger partial charge in [-0.3, -0.25) is 4.79 Å². The SMILES string of the molecule is COCCC(=O)N1CCC[C@@H](Nc2ccc(F)c(F)c2)C1. The van der Waals surface area contributed by atoms with Crippen molar-refractivity contribution in [1.82, 2.24) is 4.90 Å². The zero-order chi connectivity index (χ0) is 15.2. The number of carbonyl (C=O) groups is 1. The zero-order valence-electron chi connectivity index (χ0n) is 12.1. The fraction of sp³-hybridized carbons (Fsp3) is 0.533. The number of amides is 1. The van der Waals surface area contributed by atoms with E-state index in [4.69, 9.17) is 4.74 Å². The van der Waals surface area contributed by atoms with E-state index in [1.807, 2.05) is 0 Å². The Balaban J connectivity index is 1.91. The maximum atomic E-state index is 13.2. The summed E-state index contributed by atoms with van der Waals surface area (Å²) in [7, 11) is 1.57. The zero-order valence-corrected chi connectivity index (χ0v) is 12.1. The maximum absolute atomic E-state index is 13.2. The number of nitrogens with zero attached hydrogens (tertiary/aromatic N) is 1. The Labute approximate surface area is 123 Å². The summed E-state index contributed by atoms with van der Waals surface area (Å²) >= 11 is 0. The Kier molecular flexibility index (Phi) is 5.50. The number of carbonyl (C=O) groups excluding carboxylic acids is 1. The van der Waals surface area contributed by atoms with Crippen LogP contribution in [0.4, 0.5) is 14.5 Å². The summed E-state index contributed by atoms with van der Waals surface area (Å²) in [4.78, 5) is 13.8. The molecule has 2 rings (SSSR count). The number of hydrogen-bond acceptors (Lipinski definition) is 3. The van der Waals surface area contributed by atoms with E-state index < -0.39 is 11.6 Å². The summed E-state index contributed by atoms with van der Waals surface area (Å²) in [6, 6.07) is 3.79. The van der Waals surface area contributed by atoms with Gasteiger partial charge in [0.1, 0.15) is 0 Å². The molecule has 1 aliphatic rings. The van der Waals surface area contributed by atoms with E-state index >= 15 is 0 Å². The molecular weight excluding hydrogens is 278 g/mol. The van der Waals surface area contributed by atoms with Crippen molar-refractivity contribution in [2.75, 3.05) is 32.1 Å². The number of hydrogen-bond donors (Lipinski definition) is 1. The molecule has 116 valence electrons. The summed E-state index contributed by atoms with van der Waals surface area (Å²) in [6.07, 6.45) is 2.15. The standard InChI is InChI=1S/C15H20F2N2O2/c1-21-8-6-15(20)19-7-2-3-12(10-19)18-11-4-5-13(16)14(17)9-11/h4-5,9,12,18H,2-3,6-8,10H2,1H3/t12-/m1/s1. The van der Waals surface area contributed by atoms with Crippen molar-refractivity contribution in [2.24, 2.45) is 0 Å². The van der Waals surface area contributed by atoms with Crippen LogP contribution in [0.5, 0.6) is 0 Å². The fourth-order valence-corrected chi connectivity index (χ4v) is 2.49. The summed E-state index contributed by atoms with van der Waals surface area (Å²) in [5.74, 6) is -1.67. The molecule has 1 heterocycles. The van der Waals surface area contributed by atoms with Gasteiger partial charge in [0.25, 0.3) is 0 Å². The lowest BCUT2D eigenvalue weighted by atomic mass is 10.0. The minimum Gasteiger partial charge on any atom is -0.384 e. The largest absolute Gasteiger partial charge is 0.384 e. The molecule has 4 nitrogen and oxygen atoms in total. The number of methoxy groups -OCH3 is 1. The van der Waals surface area contributed by atoms with Crippen LogP contribution in [0.3, 0.4) is 0 Å². The average Bonchev–Trinajstić information content (AvgIpc) is 2.49. The molecule has 1 N–H and O–H groups in total. The van der Waals surface area contributed by atoms with Crippen molar-refractivity contribution < 1.29 is 18.3 Å². The summed E-state index contributed by atoms with van der Waals surface area (Å²) in [5.41, 5.74) is 0.532. The first-order chi connectivity index (χ1) is 10.1. The monoisotopic (exact) mass is 298 g/mol. The minimum absolute atomic E-state index is 0.0510. The third-order valence-corrected chi connectivity index (χ3v) is 3.58. The van der Waals surface area contributed by atoms with Crippen LogP contribution in [-0.2, 0) is 9.53 Å².